The quantitative estimate of drug-likeness (QED) is 0.515. The Kier molecular flexibility index (Phi) is 7.89. The Morgan fingerprint density at radius 3 is 2.26 bits per heavy atom. The van der Waals surface area contributed by atoms with E-state index in [-0.39, 0.29) is 13.2 Å². The van der Waals surface area contributed by atoms with Crippen molar-refractivity contribution in [1.82, 2.24) is 0 Å². The van der Waals surface area contributed by atoms with E-state index in [1.54, 1.807) is 24.3 Å². The van der Waals surface area contributed by atoms with E-state index in [1.165, 1.54) is 0 Å². The minimum absolute atomic E-state index is 0.103. The summed E-state index contributed by atoms with van der Waals surface area (Å²) in [5.74, 6) is -0.444. The molecule has 0 saturated carbocycles. The van der Waals surface area contributed by atoms with E-state index >= 15 is 0 Å². The summed E-state index contributed by atoms with van der Waals surface area (Å²) >= 11 is 5.77. The van der Waals surface area contributed by atoms with Crippen LogP contribution in [0.15, 0.2) is 24.3 Å². The van der Waals surface area contributed by atoms with Gasteiger partial charge >= 0.3 is 12.1 Å². The lowest BCUT2D eigenvalue weighted by molar-refractivity contribution is -0.000779. The van der Waals surface area contributed by atoms with Gasteiger partial charge in [0.25, 0.3) is 0 Å². The molecule has 6 heteroatoms. The zero-order valence-electron chi connectivity index (χ0n) is 13.8. The molecule has 0 spiro atoms. The minimum atomic E-state index is -0.699. The largest absolute Gasteiger partial charge is 0.508 e. The van der Waals surface area contributed by atoms with Crippen LogP contribution in [-0.4, -0.2) is 31.9 Å². The first-order chi connectivity index (χ1) is 10.8. The van der Waals surface area contributed by atoms with Gasteiger partial charge in [-0.15, -0.1) is 0 Å². The van der Waals surface area contributed by atoms with Gasteiger partial charge in [-0.3, -0.25) is 0 Å². The average molecular weight is 343 g/mol. The van der Waals surface area contributed by atoms with Crippen LogP contribution in [0.3, 0.4) is 0 Å². The van der Waals surface area contributed by atoms with Crippen LogP contribution in [-0.2, 0) is 14.2 Å². The number of benzene rings is 1. The molecule has 0 radical (unpaired) electrons. The summed E-state index contributed by atoms with van der Waals surface area (Å²) in [6, 6.07) is 6.44. The van der Waals surface area contributed by atoms with Crippen LogP contribution in [0.1, 0.15) is 44.0 Å². The number of rotatable bonds is 8. The molecule has 1 aromatic rings. The molecule has 0 aliphatic rings. The normalized spacial score (nSPS) is 11.0. The third-order valence-corrected chi connectivity index (χ3v) is 3.22. The minimum Gasteiger partial charge on any atom is -0.461 e. The zero-order valence-corrected chi connectivity index (χ0v) is 14.5. The van der Waals surface area contributed by atoms with Crippen LogP contribution in [0, 0.1) is 5.41 Å². The second kappa shape index (κ2) is 9.40. The van der Waals surface area contributed by atoms with Gasteiger partial charge in [0.05, 0.1) is 18.8 Å². The maximum absolute atomic E-state index is 11.9. The SMILES string of the molecule is CCCCOC(=O)OCC(C)(C)COC(=O)c1ccc(Cl)cc1. The fourth-order valence-electron chi connectivity index (χ4n) is 1.57. The molecule has 0 heterocycles. The molecule has 1 rings (SSSR count). The fraction of sp³-hybridized carbons (Fsp3) is 0.529. The van der Waals surface area contributed by atoms with Crippen molar-refractivity contribution in [2.75, 3.05) is 19.8 Å². The van der Waals surface area contributed by atoms with Crippen molar-refractivity contribution >= 4 is 23.7 Å². The van der Waals surface area contributed by atoms with Crippen molar-refractivity contribution in [1.29, 1.82) is 0 Å². The van der Waals surface area contributed by atoms with E-state index in [1.807, 2.05) is 20.8 Å². The standard InChI is InChI=1S/C17H23ClO5/c1-4-5-10-21-16(20)23-12-17(2,3)11-22-15(19)13-6-8-14(18)9-7-13/h6-9H,4-5,10-12H2,1-3H3. The van der Waals surface area contributed by atoms with Gasteiger partial charge < -0.3 is 14.2 Å². The Morgan fingerprint density at radius 2 is 1.65 bits per heavy atom. The maximum atomic E-state index is 11.9. The topological polar surface area (TPSA) is 61.8 Å². The Bertz CT molecular complexity index is 510. The third kappa shape index (κ3) is 7.88. The number of hydrogen-bond donors (Lipinski definition) is 0. The molecular weight excluding hydrogens is 320 g/mol. The van der Waals surface area contributed by atoms with Crippen molar-refractivity contribution in [2.24, 2.45) is 5.41 Å². The molecule has 1 aromatic carbocycles. The zero-order chi connectivity index (χ0) is 17.3. The molecule has 0 saturated heterocycles. The van der Waals surface area contributed by atoms with Gasteiger partial charge in [0.15, 0.2) is 0 Å². The summed E-state index contributed by atoms with van der Waals surface area (Å²) in [5, 5.41) is 0.553. The molecule has 0 bridgehead atoms. The average Bonchev–Trinajstić information content (AvgIpc) is 2.52. The highest BCUT2D eigenvalue weighted by atomic mass is 35.5. The first-order valence-electron chi connectivity index (χ1n) is 7.56. The Hall–Kier alpha value is -1.75. The predicted molar refractivity (Wildman–Crippen MR) is 87.7 cm³/mol. The number of unbranched alkanes of at least 4 members (excludes halogenated alkanes) is 1. The summed E-state index contributed by atoms with van der Waals surface area (Å²) < 4.78 is 15.2. The van der Waals surface area contributed by atoms with Gasteiger partial charge in [-0.2, -0.15) is 0 Å². The summed E-state index contributed by atoms with van der Waals surface area (Å²) in [6.07, 6.45) is 1.05. The summed E-state index contributed by atoms with van der Waals surface area (Å²) in [5.41, 5.74) is -0.0867. The lowest BCUT2D eigenvalue weighted by atomic mass is 9.96. The van der Waals surface area contributed by atoms with Crippen LogP contribution in [0.2, 0.25) is 5.02 Å². The number of ether oxygens (including phenoxy) is 3. The number of halogens is 1. The molecular formula is C17H23ClO5. The lowest BCUT2D eigenvalue weighted by Gasteiger charge is -2.23. The van der Waals surface area contributed by atoms with Crippen molar-refractivity contribution in [2.45, 2.75) is 33.6 Å². The first kappa shape index (κ1) is 19.3. The smallest absolute Gasteiger partial charge is 0.461 e. The second-order valence-electron chi connectivity index (χ2n) is 5.99. The molecule has 0 unspecified atom stereocenters. The molecule has 5 nitrogen and oxygen atoms in total. The van der Waals surface area contributed by atoms with E-state index in [0.717, 1.165) is 12.8 Å². The van der Waals surface area contributed by atoms with Gasteiger partial charge in [0.2, 0.25) is 0 Å². The number of esters is 1. The van der Waals surface area contributed by atoms with Crippen molar-refractivity contribution < 1.29 is 23.8 Å². The maximum Gasteiger partial charge on any atom is 0.508 e. The summed E-state index contributed by atoms with van der Waals surface area (Å²) in [7, 11) is 0. The number of carbonyl (C=O) groups is 2. The van der Waals surface area contributed by atoms with Gasteiger partial charge in [-0.05, 0) is 30.7 Å². The number of hydrogen-bond acceptors (Lipinski definition) is 5. The molecule has 0 atom stereocenters. The van der Waals surface area contributed by atoms with Crippen molar-refractivity contribution in [3.8, 4) is 0 Å². The molecule has 0 fully saturated rings. The van der Waals surface area contributed by atoms with E-state index in [2.05, 4.69) is 0 Å². The molecule has 128 valence electrons. The second-order valence-corrected chi connectivity index (χ2v) is 6.42. The van der Waals surface area contributed by atoms with Gasteiger partial charge in [0, 0.05) is 10.4 Å². The lowest BCUT2D eigenvalue weighted by Crippen LogP contribution is -2.29. The van der Waals surface area contributed by atoms with Crippen LogP contribution >= 0.6 is 11.6 Å². The summed E-state index contributed by atoms with van der Waals surface area (Å²) in [6.45, 7) is 6.25. The molecule has 0 N–H and O–H groups in total. The van der Waals surface area contributed by atoms with E-state index in [0.29, 0.717) is 17.2 Å². The van der Waals surface area contributed by atoms with E-state index in [9.17, 15) is 9.59 Å². The first-order valence-corrected chi connectivity index (χ1v) is 7.94. The van der Waals surface area contributed by atoms with E-state index in [4.69, 9.17) is 25.8 Å². The highest BCUT2D eigenvalue weighted by Gasteiger charge is 2.23. The van der Waals surface area contributed by atoms with E-state index < -0.39 is 17.5 Å². The predicted octanol–water partition coefficient (Wildman–Crippen LogP) is 4.48. The molecule has 0 aliphatic carbocycles. The highest BCUT2D eigenvalue weighted by molar-refractivity contribution is 6.30. The summed E-state index contributed by atoms with van der Waals surface area (Å²) in [4.78, 5) is 23.3. The van der Waals surface area contributed by atoms with Gasteiger partial charge in [-0.25, -0.2) is 9.59 Å². The fourth-order valence-corrected chi connectivity index (χ4v) is 1.69. The van der Waals surface area contributed by atoms with Crippen molar-refractivity contribution in [3.63, 3.8) is 0 Å². The molecule has 23 heavy (non-hydrogen) atoms. The monoisotopic (exact) mass is 342 g/mol. The van der Waals surface area contributed by atoms with Crippen LogP contribution < -0.4 is 0 Å². The Balaban J connectivity index is 2.35. The van der Waals surface area contributed by atoms with Gasteiger partial charge in [-0.1, -0.05) is 38.8 Å². The molecule has 0 aromatic heterocycles. The molecule has 0 aliphatic heterocycles. The third-order valence-electron chi connectivity index (χ3n) is 2.97. The number of carbonyl (C=O) groups excluding carboxylic acids is 2. The van der Waals surface area contributed by atoms with Crippen molar-refractivity contribution in [3.05, 3.63) is 34.9 Å². The Labute approximate surface area is 141 Å². The van der Waals surface area contributed by atoms with Crippen LogP contribution in [0.25, 0.3) is 0 Å². The molecule has 0 amide bonds. The Morgan fingerprint density at radius 1 is 1.04 bits per heavy atom. The van der Waals surface area contributed by atoms with Crippen LogP contribution in [0.4, 0.5) is 4.79 Å². The van der Waals surface area contributed by atoms with Gasteiger partial charge in [0.1, 0.15) is 6.61 Å². The van der Waals surface area contributed by atoms with Crippen LogP contribution in [0.5, 0.6) is 0 Å². The highest BCUT2D eigenvalue weighted by Crippen LogP contribution is 2.18.